The third kappa shape index (κ3) is 5.88. The lowest BCUT2D eigenvalue weighted by Crippen LogP contribution is -2.56. The fraction of sp³-hybridized carbons (Fsp3) is 0.917. The van der Waals surface area contributed by atoms with Gasteiger partial charge in [-0.25, -0.2) is 13.1 Å². The van der Waals surface area contributed by atoms with E-state index in [2.05, 4.69) is 17.0 Å². The van der Waals surface area contributed by atoms with Crippen LogP contribution >= 0.6 is 0 Å². The molecule has 112 valence electrons. The second-order valence-corrected chi connectivity index (χ2v) is 7.47. The standard InChI is InChI=1S/C12H25N3O3S/c1-10-5-3-6-12(13,9-10)11(16)14-7-4-8-15-19(2,17)18/h10,15H,3-9,13H2,1-2H3,(H,14,16). The zero-order valence-corrected chi connectivity index (χ0v) is 12.6. The molecule has 1 fully saturated rings. The van der Waals surface area contributed by atoms with Crippen LogP contribution in [0.3, 0.4) is 0 Å². The van der Waals surface area contributed by atoms with Gasteiger partial charge in [0.05, 0.1) is 11.8 Å². The number of rotatable bonds is 6. The number of nitrogens with one attached hydrogen (secondary N) is 2. The van der Waals surface area contributed by atoms with Crippen LogP contribution in [-0.4, -0.2) is 39.2 Å². The molecule has 1 amide bonds. The maximum absolute atomic E-state index is 12.1. The molecule has 6 nitrogen and oxygen atoms in total. The number of hydrogen-bond donors (Lipinski definition) is 3. The summed E-state index contributed by atoms with van der Waals surface area (Å²) in [5.74, 6) is 0.370. The topological polar surface area (TPSA) is 101 Å². The zero-order valence-electron chi connectivity index (χ0n) is 11.7. The van der Waals surface area contributed by atoms with Crippen LogP contribution in [0.25, 0.3) is 0 Å². The summed E-state index contributed by atoms with van der Waals surface area (Å²) in [5.41, 5.74) is 5.41. The normalized spacial score (nSPS) is 28.1. The van der Waals surface area contributed by atoms with Gasteiger partial charge in [-0.15, -0.1) is 0 Å². The van der Waals surface area contributed by atoms with Gasteiger partial charge in [0.15, 0.2) is 0 Å². The second kappa shape index (κ2) is 6.67. The van der Waals surface area contributed by atoms with E-state index in [-0.39, 0.29) is 5.91 Å². The number of amides is 1. The average Bonchev–Trinajstić information content (AvgIpc) is 2.26. The van der Waals surface area contributed by atoms with Gasteiger partial charge >= 0.3 is 0 Å². The molecule has 0 saturated heterocycles. The van der Waals surface area contributed by atoms with Crippen molar-refractivity contribution in [3.05, 3.63) is 0 Å². The van der Waals surface area contributed by atoms with Gasteiger partial charge < -0.3 is 11.1 Å². The first-order chi connectivity index (χ1) is 8.73. The molecule has 7 heteroatoms. The molecule has 0 aliphatic heterocycles. The predicted molar refractivity (Wildman–Crippen MR) is 75.0 cm³/mol. The Morgan fingerprint density at radius 2 is 2.11 bits per heavy atom. The largest absolute Gasteiger partial charge is 0.354 e. The first-order valence-electron chi connectivity index (χ1n) is 6.75. The van der Waals surface area contributed by atoms with E-state index in [1.165, 1.54) is 0 Å². The lowest BCUT2D eigenvalue weighted by atomic mass is 9.76. The fourth-order valence-electron chi connectivity index (χ4n) is 2.52. The highest BCUT2D eigenvalue weighted by atomic mass is 32.2. The van der Waals surface area contributed by atoms with Crippen LogP contribution < -0.4 is 15.8 Å². The van der Waals surface area contributed by atoms with Gasteiger partial charge in [-0.2, -0.15) is 0 Å². The minimum atomic E-state index is -3.15. The quantitative estimate of drug-likeness (QED) is 0.597. The molecule has 1 saturated carbocycles. The molecule has 0 radical (unpaired) electrons. The molecule has 4 N–H and O–H groups in total. The van der Waals surface area contributed by atoms with E-state index in [1.807, 2.05) is 0 Å². The van der Waals surface area contributed by atoms with Gasteiger partial charge in [0.25, 0.3) is 0 Å². The number of sulfonamides is 1. The van der Waals surface area contributed by atoms with Crippen LogP contribution in [-0.2, 0) is 14.8 Å². The van der Waals surface area contributed by atoms with E-state index in [4.69, 9.17) is 5.73 Å². The van der Waals surface area contributed by atoms with Crippen molar-refractivity contribution in [3.63, 3.8) is 0 Å². The summed E-state index contributed by atoms with van der Waals surface area (Å²) < 4.78 is 24.1. The van der Waals surface area contributed by atoms with E-state index in [0.29, 0.717) is 25.4 Å². The highest BCUT2D eigenvalue weighted by molar-refractivity contribution is 7.88. The Morgan fingerprint density at radius 1 is 1.42 bits per heavy atom. The van der Waals surface area contributed by atoms with Crippen molar-refractivity contribution in [2.75, 3.05) is 19.3 Å². The summed E-state index contributed by atoms with van der Waals surface area (Å²) >= 11 is 0. The van der Waals surface area contributed by atoms with Crippen molar-refractivity contribution in [1.29, 1.82) is 0 Å². The molecule has 1 aliphatic carbocycles. The van der Waals surface area contributed by atoms with Gasteiger partial charge in [0.1, 0.15) is 0 Å². The van der Waals surface area contributed by atoms with Gasteiger partial charge in [-0.05, 0) is 25.2 Å². The summed E-state index contributed by atoms with van der Waals surface area (Å²) in [4.78, 5) is 12.1. The van der Waals surface area contributed by atoms with E-state index >= 15 is 0 Å². The minimum Gasteiger partial charge on any atom is -0.354 e. The Balaban J connectivity index is 2.27. The van der Waals surface area contributed by atoms with Crippen LogP contribution in [0.2, 0.25) is 0 Å². The summed E-state index contributed by atoms with van der Waals surface area (Å²) in [5, 5.41) is 2.80. The Morgan fingerprint density at radius 3 is 2.68 bits per heavy atom. The molecule has 2 atom stereocenters. The number of carbonyl (C=O) groups excluding carboxylic acids is 1. The summed E-state index contributed by atoms with van der Waals surface area (Å²) in [7, 11) is -3.15. The third-order valence-corrected chi connectivity index (χ3v) is 4.22. The smallest absolute Gasteiger partial charge is 0.240 e. The molecule has 0 aromatic rings. The summed E-state index contributed by atoms with van der Waals surface area (Å²) in [6.07, 6.45) is 5.24. The molecule has 1 aliphatic rings. The van der Waals surface area contributed by atoms with Crippen LogP contribution in [0.15, 0.2) is 0 Å². The molecular formula is C12H25N3O3S. The first kappa shape index (κ1) is 16.4. The van der Waals surface area contributed by atoms with Gasteiger partial charge in [0.2, 0.25) is 15.9 Å². The first-order valence-corrected chi connectivity index (χ1v) is 8.64. The van der Waals surface area contributed by atoms with Crippen LogP contribution in [0.1, 0.15) is 39.0 Å². The summed E-state index contributed by atoms with van der Waals surface area (Å²) in [6, 6.07) is 0. The Labute approximate surface area is 115 Å². The molecule has 19 heavy (non-hydrogen) atoms. The molecule has 2 unspecified atom stereocenters. The molecule has 1 rings (SSSR count). The molecule has 0 aromatic heterocycles. The van der Waals surface area contributed by atoms with Crippen molar-refractivity contribution in [2.45, 2.75) is 44.6 Å². The average molecular weight is 291 g/mol. The SMILES string of the molecule is CC1CCCC(N)(C(=O)NCCCNS(C)(=O)=O)C1. The Hall–Kier alpha value is -0.660. The van der Waals surface area contributed by atoms with Crippen molar-refractivity contribution >= 4 is 15.9 Å². The van der Waals surface area contributed by atoms with E-state index in [0.717, 1.165) is 31.9 Å². The van der Waals surface area contributed by atoms with Gasteiger partial charge in [0, 0.05) is 13.1 Å². The molecule has 0 spiro atoms. The predicted octanol–water partition coefficient (Wildman–Crippen LogP) is -0.0505. The molecular weight excluding hydrogens is 266 g/mol. The maximum Gasteiger partial charge on any atom is 0.240 e. The highest BCUT2D eigenvalue weighted by Crippen LogP contribution is 2.30. The second-order valence-electron chi connectivity index (χ2n) is 5.63. The molecule has 0 bridgehead atoms. The van der Waals surface area contributed by atoms with Crippen molar-refractivity contribution in [2.24, 2.45) is 11.7 Å². The third-order valence-electron chi connectivity index (χ3n) is 3.49. The minimum absolute atomic E-state index is 0.113. The maximum atomic E-state index is 12.1. The van der Waals surface area contributed by atoms with Crippen molar-refractivity contribution in [3.8, 4) is 0 Å². The summed E-state index contributed by atoms with van der Waals surface area (Å²) in [6.45, 7) is 2.88. The lowest BCUT2D eigenvalue weighted by molar-refractivity contribution is -0.128. The molecule has 0 aromatic carbocycles. The van der Waals surface area contributed by atoms with Gasteiger partial charge in [-0.3, -0.25) is 4.79 Å². The van der Waals surface area contributed by atoms with E-state index < -0.39 is 15.6 Å². The monoisotopic (exact) mass is 291 g/mol. The van der Waals surface area contributed by atoms with E-state index in [9.17, 15) is 13.2 Å². The Kier molecular flexibility index (Phi) is 5.76. The number of hydrogen-bond acceptors (Lipinski definition) is 4. The highest BCUT2D eigenvalue weighted by Gasteiger charge is 2.37. The lowest BCUT2D eigenvalue weighted by Gasteiger charge is -2.35. The van der Waals surface area contributed by atoms with Crippen molar-refractivity contribution < 1.29 is 13.2 Å². The Bertz CT molecular complexity index is 410. The number of carbonyl (C=O) groups is 1. The van der Waals surface area contributed by atoms with Crippen LogP contribution in [0, 0.1) is 5.92 Å². The fourth-order valence-corrected chi connectivity index (χ4v) is 3.04. The zero-order chi connectivity index (χ0) is 14.5. The number of nitrogens with two attached hydrogens (primary N) is 1. The van der Waals surface area contributed by atoms with Crippen LogP contribution in [0.4, 0.5) is 0 Å². The van der Waals surface area contributed by atoms with Gasteiger partial charge in [-0.1, -0.05) is 19.8 Å². The van der Waals surface area contributed by atoms with Crippen molar-refractivity contribution in [1.82, 2.24) is 10.0 Å². The molecule has 0 heterocycles. The van der Waals surface area contributed by atoms with E-state index in [1.54, 1.807) is 0 Å². The van der Waals surface area contributed by atoms with Crippen LogP contribution in [0.5, 0.6) is 0 Å².